The number of imidazole rings is 1. The summed E-state index contributed by atoms with van der Waals surface area (Å²) in [7, 11) is 0. The molecular weight excluding hydrogens is 277 g/mol. The lowest BCUT2D eigenvalue weighted by molar-refractivity contribution is 0.211. The van der Waals surface area contributed by atoms with Crippen LogP contribution in [-0.4, -0.2) is 34.1 Å². The van der Waals surface area contributed by atoms with Crippen LogP contribution < -0.4 is 0 Å². The van der Waals surface area contributed by atoms with Gasteiger partial charge in [-0.3, -0.25) is 0 Å². The molecule has 1 aromatic carbocycles. The zero-order valence-corrected chi connectivity index (χ0v) is 13.2. The summed E-state index contributed by atoms with van der Waals surface area (Å²) in [4.78, 5) is 7.10. The van der Waals surface area contributed by atoms with Gasteiger partial charge in [0, 0.05) is 31.4 Å². The van der Waals surface area contributed by atoms with Gasteiger partial charge in [-0.1, -0.05) is 19.1 Å². The predicted molar refractivity (Wildman–Crippen MR) is 86.4 cm³/mol. The lowest BCUT2D eigenvalue weighted by Crippen LogP contribution is -2.35. The molecule has 0 aliphatic carbocycles. The summed E-state index contributed by atoms with van der Waals surface area (Å²) in [5.41, 5.74) is 1.04. The van der Waals surface area contributed by atoms with Gasteiger partial charge in [0.25, 0.3) is 0 Å². The molecule has 118 valence electrons. The number of halogens is 1. The SMILES string of the molecule is CCN1CCCC(c2nccn2CCc2cccc(F)c2)C1. The van der Waals surface area contributed by atoms with Crippen LogP contribution in [0.25, 0.3) is 0 Å². The second-order valence-electron chi connectivity index (χ2n) is 6.09. The molecule has 1 aromatic heterocycles. The molecule has 1 aliphatic heterocycles. The minimum absolute atomic E-state index is 0.158. The molecule has 1 fully saturated rings. The van der Waals surface area contributed by atoms with Crippen molar-refractivity contribution in [3.05, 3.63) is 53.9 Å². The van der Waals surface area contributed by atoms with E-state index in [1.807, 2.05) is 12.3 Å². The fourth-order valence-electron chi connectivity index (χ4n) is 3.37. The van der Waals surface area contributed by atoms with E-state index in [4.69, 9.17) is 0 Å². The van der Waals surface area contributed by atoms with Crippen molar-refractivity contribution in [2.24, 2.45) is 0 Å². The van der Waals surface area contributed by atoms with Gasteiger partial charge in [0.05, 0.1) is 0 Å². The van der Waals surface area contributed by atoms with Crippen molar-refractivity contribution in [3.63, 3.8) is 0 Å². The number of likely N-dealkylation sites (tertiary alicyclic amines) is 1. The molecule has 3 nitrogen and oxygen atoms in total. The summed E-state index contributed by atoms with van der Waals surface area (Å²) in [6, 6.07) is 6.88. The maximum atomic E-state index is 13.3. The number of nitrogens with zero attached hydrogens (tertiary/aromatic N) is 3. The topological polar surface area (TPSA) is 21.1 Å². The highest BCUT2D eigenvalue weighted by molar-refractivity contribution is 5.16. The summed E-state index contributed by atoms with van der Waals surface area (Å²) < 4.78 is 15.5. The van der Waals surface area contributed by atoms with Crippen molar-refractivity contribution in [2.45, 2.75) is 38.6 Å². The Kier molecular flexibility index (Phi) is 4.88. The third-order valence-electron chi connectivity index (χ3n) is 4.60. The fourth-order valence-corrected chi connectivity index (χ4v) is 3.37. The van der Waals surface area contributed by atoms with Crippen molar-refractivity contribution < 1.29 is 4.39 Å². The summed E-state index contributed by atoms with van der Waals surface area (Å²) in [6.07, 6.45) is 7.25. The van der Waals surface area contributed by atoms with E-state index in [1.165, 1.54) is 31.3 Å². The van der Waals surface area contributed by atoms with Gasteiger partial charge in [0.2, 0.25) is 0 Å². The summed E-state index contributed by atoms with van der Waals surface area (Å²) in [5, 5.41) is 0. The maximum absolute atomic E-state index is 13.3. The first kappa shape index (κ1) is 15.2. The molecule has 1 atom stereocenters. The standard InChI is InChI=1S/C18H24FN3/c1-2-21-10-4-6-16(14-21)18-20-9-12-22(18)11-8-15-5-3-7-17(19)13-15/h3,5,7,9,12-13,16H,2,4,6,8,10-11,14H2,1H3. The number of hydrogen-bond acceptors (Lipinski definition) is 2. The third kappa shape index (κ3) is 3.55. The predicted octanol–water partition coefficient (Wildman–Crippen LogP) is 3.46. The van der Waals surface area contributed by atoms with Crippen molar-refractivity contribution in [1.82, 2.24) is 14.5 Å². The smallest absolute Gasteiger partial charge is 0.123 e. The molecular formula is C18H24FN3. The number of rotatable bonds is 5. The summed E-state index contributed by atoms with van der Waals surface area (Å²) in [5.74, 6) is 1.56. The Balaban J connectivity index is 1.67. The van der Waals surface area contributed by atoms with Crippen molar-refractivity contribution in [3.8, 4) is 0 Å². The van der Waals surface area contributed by atoms with Crippen LogP contribution in [-0.2, 0) is 13.0 Å². The first-order valence-electron chi connectivity index (χ1n) is 8.24. The molecule has 22 heavy (non-hydrogen) atoms. The molecule has 2 aromatic rings. The van der Waals surface area contributed by atoms with E-state index in [2.05, 4.69) is 27.6 Å². The molecule has 3 rings (SSSR count). The van der Waals surface area contributed by atoms with E-state index in [0.29, 0.717) is 5.92 Å². The third-order valence-corrected chi connectivity index (χ3v) is 4.60. The number of piperidine rings is 1. The lowest BCUT2D eigenvalue weighted by Gasteiger charge is -2.31. The monoisotopic (exact) mass is 301 g/mol. The molecule has 1 aliphatic rings. The van der Waals surface area contributed by atoms with Crippen LogP contribution in [0.5, 0.6) is 0 Å². The molecule has 0 spiro atoms. The molecule has 0 saturated carbocycles. The van der Waals surface area contributed by atoms with Gasteiger partial charge in [0.15, 0.2) is 0 Å². The Morgan fingerprint density at radius 2 is 2.27 bits per heavy atom. The molecule has 1 unspecified atom stereocenters. The second-order valence-corrected chi connectivity index (χ2v) is 6.09. The first-order chi connectivity index (χ1) is 10.8. The van der Waals surface area contributed by atoms with Crippen LogP contribution in [0.15, 0.2) is 36.7 Å². The highest BCUT2D eigenvalue weighted by atomic mass is 19.1. The minimum atomic E-state index is -0.158. The van der Waals surface area contributed by atoms with Gasteiger partial charge in [-0.2, -0.15) is 0 Å². The van der Waals surface area contributed by atoms with Crippen LogP contribution in [0, 0.1) is 5.82 Å². The van der Waals surface area contributed by atoms with Gasteiger partial charge in [-0.15, -0.1) is 0 Å². The Hall–Kier alpha value is -1.68. The second kappa shape index (κ2) is 7.05. The first-order valence-corrected chi connectivity index (χ1v) is 8.24. The van der Waals surface area contributed by atoms with Crippen molar-refractivity contribution in [1.29, 1.82) is 0 Å². The summed E-state index contributed by atoms with van der Waals surface area (Å²) in [6.45, 7) is 6.51. The number of aryl methyl sites for hydroxylation is 2. The van der Waals surface area contributed by atoms with Crippen molar-refractivity contribution >= 4 is 0 Å². The Labute approximate surface area is 131 Å². The van der Waals surface area contributed by atoms with Crippen LogP contribution in [0.4, 0.5) is 4.39 Å². The van der Waals surface area contributed by atoms with Crippen LogP contribution in [0.2, 0.25) is 0 Å². The molecule has 4 heteroatoms. The average molecular weight is 301 g/mol. The van der Waals surface area contributed by atoms with E-state index in [-0.39, 0.29) is 5.82 Å². The van der Waals surface area contributed by atoms with E-state index >= 15 is 0 Å². The molecule has 0 amide bonds. The van der Waals surface area contributed by atoms with Gasteiger partial charge in [-0.05, 0) is 50.0 Å². The maximum Gasteiger partial charge on any atom is 0.123 e. The highest BCUT2D eigenvalue weighted by Gasteiger charge is 2.23. The molecule has 0 N–H and O–H groups in total. The van der Waals surface area contributed by atoms with Gasteiger partial charge in [0.1, 0.15) is 11.6 Å². The minimum Gasteiger partial charge on any atom is -0.334 e. The Bertz CT molecular complexity index is 608. The average Bonchev–Trinajstić information content (AvgIpc) is 3.01. The highest BCUT2D eigenvalue weighted by Crippen LogP contribution is 2.25. The van der Waals surface area contributed by atoms with E-state index < -0.39 is 0 Å². The molecule has 0 bridgehead atoms. The van der Waals surface area contributed by atoms with E-state index in [1.54, 1.807) is 12.1 Å². The Morgan fingerprint density at radius 1 is 1.36 bits per heavy atom. The quantitative estimate of drug-likeness (QED) is 0.843. The zero-order valence-electron chi connectivity index (χ0n) is 13.2. The van der Waals surface area contributed by atoms with Crippen LogP contribution >= 0.6 is 0 Å². The fraction of sp³-hybridized carbons (Fsp3) is 0.500. The van der Waals surface area contributed by atoms with Gasteiger partial charge < -0.3 is 9.47 Å². The zero-order chi connectivity index (χ0) is 15.4. The summed E-state index contributed by atoms with van der Waals surface area (Å²) >= 11 is 0. The molecule has 0 radical (unpaired) electrons. The van der Waals surface area contributed by atoms with Crippen LogP contribution in [0.1, 0.15) is 37.1 Å². The number of likely N-dealkylation sites (N-methyl/N-ethyl adjacent to an activating group) is 1. The van der Waals surface area contributed by atoms with Crippen LogP contribution in [0.3, 0.4) is 0 Å². The van der Waals surface area contributed by atoms with E-state index in [0.717, 1.165) is 31.6 Å². The Morgan fingerprint density at radius 3 is 3.09 bits per heavy atom. The molecule has 1 saturated heterocycles. The van der Waals surface area contributed by atoms with Gasteiger partial charge >= 0.3 is 0 Å². The number of hydrogen-bond donors (Lipinski definition) is 0. The number of aromatic nitrogens is 2. The molecule has 2 heterocycles. The van der Waals surface area contributed by atoms with E-state index in [9.17, 15) is 4.39 Å². The van der Waals surface area contributed by atoms with Crippen molar-refractivity contribution in [2.75, 3.05) is 19.6 Å². The largest absolute Gasteiger partial charge is 0.334 e. The number of benzene rings is 1. The van der Waals surface area contributed by atoms with Gasteiger partial charge in [-0.25, -0.2) is 9.37 Å². The lowest BCUT2D eigenvalue weighted by atomic mass is 9.97. The normalized spacial score (nSPS) is 19.5.